The number of carbonyl (C=O) groups excluding carboxylic acids is 2. The largest absolute Gasteiger partial charge is 0.416 e. The quantitative estimate of drug-likeness (QED) is 0.278. The summed E-state index contributed by atoms with van der Waals surface area (Å²) in [4.78, 5) is 34.8. The highest BCUT2D eigenvalue weighted by atomic mass is 19.4. The fourth-order valence-corrected chi connectivity index (χ4v) is 5.30. The zero-order valence-corrected chi connectivity index (χ0v) is 24.2. The summed E-state index contributed by atoms with van der Waals surface area (Å²) in [6.45, 7) is 5.78. The standard InChI is InChI=1S/C32H35F3N6O2/c1-3-6-23-8-9-24(17-25(23)19-37-31(43)28-20-36-29-7-4-5-10-41(28)29)30(42)38-27-16-22(15-26(18-27)32(33,34)35)21-40-13-11-39(2)12-14-40/h4-5,7-10,15-18,20H,3,6,11-14,19,21H2,1-2H3,(H,37,43)(H,38,42). The lowest BCUT2D eigenvalue weighted by Crippen LogP contribution is -2.43. The molecule has 43 heavy (non-hydrogen) atoms. The van der Waals surface area contributed by atoms with Crippen LogP contribution in [0.1, 0.15) is 56.4 Å². The summed E-state index contributed by atoms with van der Waals surface area (Å²) >= 11 is 0. The monoisotopic (exact) mass is 592 g/mol. The molecule has 1 aliphatic heterocycles. The Morgan fingerprint density at radius 1 is 0.953 bits per heavy atom. The van der Waals surface area contributed by atoms with Crippen LogP contribution in [0.25, 0.3) is 5.65 Å². The van der Waals surface area contributed by atoms with Gasteiger partial charge in [-0.25, -0.2) is 4.98 Å². The number of rotatable bonds is 9. The number of anilines is 1. The molecule has 0 aliphatic carbocycles. The molecule has 1 fully saturated rings. The third-order valence-corrected chi connectivity index (χ3v) is 7.66. The van der Waals surface area contributed by atoms with E-state index in [1.165, 1.54) is 6.20 Å². The number of carbonyl (C=O) groups is 2. The zero-order chi connectivity index (χ0) is 30.6. The van der Waals surface area contributed by atoms with Crippen molar-refractivity contribution in [2.24, 2.45) is 0 Å². The van der Waals surface area contributed by atoms with Gasteiger partial charge in [-0.1, -0.05) is 25.5 Å². The number of hydrogen-bond donors (Lipinski definition) is 2. The van der Waals surface area contributed by atoms with Crippen molar-refractivity contribution < 1.29 is 22.8 Å². The highest BCUT2D eigenvalue weighted by molar-refractivity contribution is 6.04. The minimum atomic E-state index is -4.55. The van der Waals surface area contributed by atoms with Crippen molar-refractivity contribution in [1.29, 1.82) is 0 Å². The number of pyridine rings is 1. The van der Waals surface area contributed by atoms with Crippen molar-refractivity contribution in [2.45, 2.75) is 39.0 Å². The molecule has 1 aliphatic rings. The predicted octanol–water partition coefficient (Wildman–Crippen LogP) is 5.24. The van der Waals surface area contributed by atoms with Crippen molar-refractivity contribution in [1.82, 2.24) is 24.5 Å². The van der Waals surface area contributed by atoms with Gasteiger partial charge in [0.05, 0.1) is 11.8 Å². The van der Waals surface area contributed by atoms with E-state index in [0.29, 0.717) is 23.4 Å². The van der Waals surface area contributed by atoms with Gasteiger partial charge in [-0.15, -0.1) is 0 Å². The molecule has 3 heterocycles. The smallest absolute Gasteiger partial charge is 0.347 e. The summed E-state index contributed by atoms with van der Waals surface area (Å²) < 4.78 is 43.0. The molecule has 2 aromatic heterocycles. The minimum Gasteiger partial charge on any atom is -0.347 e. The second-order valence-electron chi connectivity index (χ2n) is 10.9. The number of nitrogens with one attached hydrogen (secondary N) is 2. The van der Waals surface area contributed by atoms with Gasteiger partial charge in [0, 0.05) is 56.7 Å². The van der Waals surface area contributed by atoms with Gasteiger partial charge in [0.2, 0.25) is 0 Å². The third kappa shape index (κ3) is 7.41. The van der Waals surface area contributed by atoms with E-state index < -0.39 is 17.6 Å². The number of nitrogens with zero attached hydrogens (tertiary/aromatic N) is 4. The Kier molecular flexibility index (Phi) is 9.12. The normalized spacial score (nSPS) is 14.6. The van der Waals surface area contributed by atoms with E-state index >= 15 is 0 Å². The van der Waals surface area contributed by atoms with Crippen molar-refractivity contribution >= 4 is 23.1 Å². The second-order valence-corrected chi connectivity index (χ2v) is 10.9. The Morgan fingerprint density at radius 2 is 1.74 bits per heavy atom. The van der Waals surface area contributed by atoms with Crippen LogP contribution in [-0.2, 0) is 25.7 Å². The molecular formula is C32H35F3N6O2. The van der Waals surface area contributed by atoms with E-state index in [-0.39, 0.29) is 23.7 Å². The minimum absolute atomic E-state index is 0.0871. The number of aromatic nitrogens is 2. The molecule has 0 unspecified atom stereocenters. The number of aryl methyl sites for hydroxylation is 1. The van der Waals surface area contributed by atoms with Crippen LogP contribution in [0.2, 0.25) is 0 Å². The zero-order valence-electron chi connectivity index (χ0n) is 24.2. The lowest BCUT2D eigenvalue weighted by Gasteiger charge is -2.32. The molecular weight excluding hydrogens is 557 g/mol. The molecule has 11 heteroatoms. The highest BCUT2D eigenvalue weighted by Crippen LogP contribution is 2.32. The number of alkyl halides is 3. The molecule has 5 rings (SSSR count). The van der Waals surface area contributed by atoms with Gasteiger partial charge in [-0.2, -0.15) is 13.2 Å². The molecule has 2 amide bonds. The molecule has 2 aromatic carbocycles. The predicted molar refractivity (Wildman–Crippen MR) is 159 cm³/mol. The first-order valence-corrected chi connectivity index (χ1v) is 14.4. The Balaban J connectivity index is 1.34. The van der Waals surface area contributed by atoms with Crippen molar-refractivity contribution in [2.75, 3.05) is 38.5 Å². The van der Waals surface area contributed by atoms with Crippen LogP contribution >= 0.6 is 0 Å². The van der Waals surface area contributed by atoms with Gasteiger partial charge in [-0.05, 0) is 72.6 Å². The number of benzene rings is 2. The van der Waals surface area contributed by atoms with Crippen LogP contribution in [-0.4, -0.2) is 64.2 Å². The number of piperazine rings is 1. The van der Waals surface area contributed by atoms with E-state index in [0.717, 1.165) is 62.3 Å². The molecule has 0 bridgehead atoms. The third-order valence-electron chi connectivity index (χ3n) is 7.66. The van der Waals surface area contributed by atoms with Crippen LogP contribution < -0.4 is 10.6 Å². The van der Waals surface area contributed by atoms with Gasteiger partial charge < -0.3 is 15.5 Å². The maximum atomic E-state index is 13.8. The summed E-state index contributed by atoms with van der Waals surface area (Å²) in [6.07, 6.45) is 0.321. The molecule has 4 aromatic rings. The summed E-state index contributed by atoms with van der Waals surface area (Å²) in [5.74, 6) is -0.838. The fraction of sp³-hybridized carbons (Fsp3) is 0.344. The average molecular weight is 593 g/mol. The van der Waals surface area contributed by atoms with Crippen LogP contribution in [0.15, 0.2) is 67.0 Å². The summed E-state index contributed by atoms with van der Waals surface area (Å²) in [5, 5.41) is 5.59. The van der Waals surface area contributed by atoms with Crippen molar-refractivity contribution in [3.63, 3.8) is 0 Å². The first kappa shape index (κ1) is 30.2. The maximum absolute atomic E-state index is 13.8. The van der Waals surface area contributed by atoms with E-state index in [9.17, 15) is 22.8 Å². The van der Waals surface area contributed by atoms with E-state index in [1.54, 1.807) is 34.9 Å². The summed E-state index contributed by atoms with van der Waals surface area (Å²) in [5.41, 5.74) is 2.84. The second kappa shape index (κ2) is 13.0. The van der Waals surface area contributed by atoms with Crippen molar-refractivity contribution in [3.05, 3.63) is 101 Å². The Hall–Kier alpha value is -4.22. The highest BCUT2D eigenvalue weighted by Gasteiger charge is 2.31. The van der Waals surface area contributed by atoms with Gasteiger partial charge in [0.15, 0.2) is 0 Å². The molecule has 226 valence electrons. The van der Waals surface area contributed by atoms with Crippen LogP contribution in [0.5, 0.6) is 0 Å². The van der Waals surface area contributed by atoms with Crippen LogP contribution in [0.3, 0.4) is 0 Å². The van der Waals surface area contributed by atoms with Crippen LogP contribution in [0.4, 0.5) is 18.9 Å². The maximum Gasteiger partial charge on any atom is 0.416 e. The molecule has 0 radical (unpaired) electrons. The Bertz CT molecular complexity index is 1610. The molecule has 2 N–H and O–H groups in total. The number of likely N-dealkylation sites (N-methyl/N-ethyl adjacent to an activating group) is 1. The molecule has 1 saturated heterocycles. The molecule has 8 nitrogen and oxygen atoms in total. The molecule has 0 spiro atoms. The van der Waals surface area contributed by atoms with Crippen molar-refractivity contribution in [3.8, 4) is 0 Å². The van der Waals surface area contributed by atoms with Gasteiger partial charge in [0.25, 0.3) is 11.8 Å². The van der Waals surface area contributed by atoms with Gasteiger partial charge in [-0.3, -0.25) is 18.9 Å². The first-order chi connectivity index (χ1) is 20.6. The van der Waals surface area contributed by atoms with Crippen LogP contribution in [0, 0.1) is 0 Å². The van der Waals surface area contributed by atoms with E-state index in [2.05, 4.69) is 25.4 Å². The number of hydrogen-bond acceptors (Lipinski definition) is 5. The van der Waals surface area contributed by atoms with E-state index in [1.807, 2.05) is 32.2 Å². The Labute approximate surface area is 248 Å². The van der Waals surface area contributed by atoms with Gasteiger partial charge >= 0.3 is 6.18 Å². The topological polar surface area (TPSA) is 82.0 Å². The van der Waals surface area contributed by atoms with E-state index in [4.69, 9.17) is 0 Å². The number of halogens is 3. The number of imidazole rings is 1. The first-order valence-electron chi connectivity index (χ1n) is 14.4. The Morgan fingerprint density at radius 3 is 2.49 bits per heavy atom. The lowest BCUT2D eigenvalue weighted by atomic mass is 9.99. The molecule has 0 saturated carbocycles. The summed E-state index contributed by atoms with van der Waals surface area (Å²) in [6, 6.07) is 14.4. The summed E-state index contributed by atoms with van der Waals surface area (Å²) in [7, 11) is 2.02. The number of fused-ring (bicyclic) bond motifs is 1. The molecule has 0 atom stereocenters. The van der Waals surface area contributed by atoms with Gasteiger partial charge in [0.1, 0.15) is 11.3 Å². The fourth-order valence-electron chi connectivity index (χ4n) is 5.30. The lowest BCUT2D eigenvalue weighted by molar-refractivity contribution is -0.137. The average Bonchev–Trinajstić information content (AvgIpc) is 3.42. The number of amides is 2. The SMILES string of the molecule is CCCc1ccc(C(=O)Nc2cc(CN3CCN(C)CC3)cc(C(F)(F)F)c2)cc1CNC(=O)c1cnc2ccccn12.